The molecule has 0 amide bonds. The molecule has 0 saturated carbocycles. The Balaban J connectivity index is 1.24. The van der Waals surface area contributed by atoms with Gasteiger partial charge in [0.2, 0.25) is 5.88 Å². The molecule has 1 N–H and O–H groups in total. The molecule has 7 rings (SSSR count). The van der Waals surface area contributed by atoms with Crippen LogP contribution < -0.4 is 14.5 Å². The standard InChI is InChI=1S/C30H28ClN5O6/c1-3-18-10-21(35-8-9-40-30(17(35)2)15-39-16-30)28(32-13-18)41-19-11-22(29(37)38)36(14-19)27-26-25(33-24(12-31)34-27)20-6-4-5-7-23(20)42-26/h1,4-7,10,13,17,19,22H,8-9,11-12,14-16H2,2H3,(H,37,38)/t17-,19-,22-/m0/s1. The van der Waals surface area contributed by atoms with E-state index in [0.717, 1.165) is 11.1 Å². The van der Waals surface area contributed by atoms with E-state index in [2.05, 4.69) is 32.7 Å². The van der Waals surface area contributed by atoms with Crippen molar-refractivity contribution in [3.8, 4) is 18.2 Å². The van der Waals surface area contributed by atoms with Crippen LogP contribution in [-0.4, -0.2) is 82.7 Å². The Kier molecular flexibility index (Phi) is 6.57. The number of carbonyl (C=O) groups is 1. The summed E-state index contributed by atoms with van der Waals surface area (Å²) < 4.78 is 24.2. The number of carboxylic acid groups (broad SMARTS) is 1. The van der Waals surface area contributed by atoms with Gasteiger partial charge in [-0.3, -0.25) is 0 Å². The summed E-state index contributed by atoms with van der Waals surface area (Å²) in [6.45, 7) is 4.50. The van der Waals surface area contributed by atoms with Crippen LogP contribution in [-0.2, 0) is 20.1 Å². The van der Waals surface area contributed by atoms with E-state index >= 15 is 0 Å². The zero-order valence-electron chi connectivity index (χ0n) is 22.8. The van der Waals surface area contributed by atoms with Crippen LogP contribution in [0, 0.1) is 12.3 Å². The first kappa shape index (κ1) is 26.8. The summed E-state index contributed by atoms with van der Waals surface area (Å²) in [5.74, 6) is 2.85. The Bertz CT molecular complexity index is 1730. The zero-order chi connectivity index (χ0) is 29.0. The first-order valence-electron chi connectivity index (χ1n) is 13.8. The van der Waals surface area contributed by atoms with Crippen molar-refractivity contribution < 1.29 is 28.5 Å². The summed E-state index contributed by atoms with van der Waals surface area (Å²) >= 11 is 6.16. The topological polar surface area (TPSA) is 123 Å². The number of fused-ring (bicyclic) bond motifs is 3. The highest BCUT2D eigenvalue weighted by atomic mass is 35.5. The monoisotopic (exact) mass is 589 g/mol. The number of aliphatic carboxylic acids is 1. The van der Waals surface area contributed by atoms with Crippen molar-refractivity contribution in [1.29, 1.82) is 0 Å². The van der Waals surface area contributed by atoms with Gasteiger partial charge in [-0.1, -0.05) is 18.1 Å². The Morgan fingerprint density at radius 2 is 2.12 bits per heavy atom. The van der Waals surface area contributed by atoms with E-state index in [0.29, 0.717) is 66.1 Å². The summed E-state index contributed by atoms with van der Waals surface area (Å²) in [6.07, 6.45) is 6.99. The predicted molar refractivity (Wildman–Crippen MR) is 155 cm³/mol. The lowest BCUT2D eigenvalue weighted by Crippen LogP contribution is -2.68. The van der Waals surface area contributed by atoms with E-state index in [1.54, 1.807) is 11.1 Å². The van der Waals surface area contributed by atoms with Crippen LogP contribution in [0.2, 0.25) is 0 Å². The highest BCUT2D eigenvalue weighted by Gasteiger charge is 2.50. The van der Waals surface area contributed by atoms with Gasteiger partial charge in [-0.05, 0) is 25.1 Å². The maximum absolute atomic E-state index is 12.5. The molecule has 12 heteroatoms. The number of nitrogens with zero attached hydrogens (tertiary/aromatic N) is 5. The second-order valence-electron chi connectivity index (χ2n) is 10.8. The van der Waals surface area contributed by atoms with Crippen LogP contribution in [0.3, 0.4) is 0 Å². The fraction of sp³-hybridized carbons (Fsp3) is 0.400. The van der Waals surface area contributed by atoms with Crippen molar-refractivity contribution in [3.63, 3.8) is 0 Å². The third kappa shape index (κ3) is 4.29. The van der Waals surface area contributed by atoms with E-state index in [9.17, 15) is 9.90 Å². The number of furan rings is 1. The third-order valence-corrected chi connectivity index (χ3v) is 8.66. The van der Waals surface area contributed by atoms with Gasteiger partial charge in [0.25, 0.3) is 0 Å². The molecule has 4 aromatic rings. The number of alkyl halides is 1. The molecule has 3 aromatic heterocycles. The van der Waals surface area contributed by atoms with E-state index in [4.69, 9.17) is 36.7 Å². The summed E-state index contributed by atoms with van der Waals surface area (Å²) in [4.78, 5) is 30.2. The summed E-state index contributed by atoms with van der Waals surface area (Å²) in [6, 6.07) is 8.45. The van der Waals surface area contributed by atoms with Crippen LogP contribution in [0.5, 0.6) is 5.88 Å². The number of aromatic nitrogens is 3. The summed E-state index contributed by atoms with van der Waals surface area (Å²) in [5.41, 5.74) is 2.58. The minimum atomic E-state index is -0.999. The average Bonchev–Trinajstić information content (AvgIpc) is 3.58. The van der Waals surface area contributed by atoms with Crippen molar-refractivity contribution in [2.24, 2.45) is 0 Å². The van der Waals surface area contributed by atoms with Gasteiger partial charge >= 0.3 is 5.97 Å². The zero-order valence-corrected chi connectivity index (χ0v) is 23.6. The maximum Gasteiger partial charge on any atom is 0.326 e. The predicted octanol–water partition coefficient (Wildman–Crippen LogP) is 3.60. The molecule has 3 fully saturated rings. The Morgan fingerprint density at radius 3 is 2.86 bits per heavy atom. The molecule has 216 valence electrons. The van der Waals surface area contributed by atoms with E-state index in [1.165, 1.54) is 0 Å². The van der Waals surface area contributed by atoms with Crippen molar-refractivity contribution in [3.05, 3.63) is 47.9 Å². The molecule has 42 heavy (non-hydrogen) atoms. The third-order valence-electron chi connectivity index (χ3n) is 8.42. The fourth-order valence-electron chi connectivity index (χ4n) is 6.10. The molecule has 6 heterocycles. The molecular weight excluding hydrogens is 562 g/mol. The lowest BCUT2D eigenvalue weighted by atomic mass is 9.90. The smallest absolute Gasteiger partial charge is 0.326 e. The van der Waals surface area contributed by atoms with E-state index in [-0.39, 0.29) is 24.9 Å². The fourth-order valence-corrected chi connectivity index (χ4v) is 6.22. The number of anilines is 2. The molecule has 1 aromatic carbocycles. The van der Waals surface area contributed by atoms with Gasteiger partial charge in [-0.2, -0.15) is 0 Å². The number of morpholine rings is 1. The van der Waals surface area contributed by atoms with E-state index < -0.39 is 23.7 Å². The molecule has 3 aliphatic rings. The normalized spacial score (nSPS) is 23.3. The van der Waals surface area contributed by atoms with Gasteiger partial charge < -0.3 is 33.5 Å². The van der Waals surface area contributed by atoms with Gasteiger partial charge in [0.15, 0.2) is 11.4 Å². The van der Waals surface area contributed by atoms with Crippen LogP contribution in [0.4, 0.5) is 11.5 Å². The lowest BCUT2D eigenvalue weighted by molar-refractivity contribution is -0.228. The molecular formula is C30H28ClN5O6. The lowest BCUT2D eigenvalue weighted by Gasteiger charge is -2.53. The van der Waals surface area contributed by atoms with Crippen molar-refractivity contribution in [1.82, 2.24) is 15.0 Å². The largest absolute Gasteiger partial charge is 0.480 e. The second kappa shape index (κ2) is 10.3. The highest BCUT2D eigenvalue weighted by molar-refractivity contribution is 6.17. The Morgan fingerprint density at radius 1 is 1.29 bits per heavy atom. The van der Waals surface area contributed by atoms with E-state index in [1.807, 2.05) is 30.3 Å². The molecule has 3 aliphatic heterocycles. The first-order chi connectivity index (χ1) is 20.4. The van der Waals surface area contributed by atoms with Crippen molar-refractivity contribution in [2.75, 3.05) is 42.7 Å². The maximum atomic E-state index is 12.5. The molecule has 1 spiro atoms. The summed E-state index contributed by atoms with van der Waals surface area (Å²) in [5, 5.41) is 11.1. The minimum absolute atomic E-state index is 0.0135. The molecule has 0 aliphatic carbocycles. The number of pyridine rings is 1. The number of halogens is 1. The quantitative estimate of drug-likeness (QED) is 0.262. The van der Waals surface area contributed by atoms with Crippen molar-refractivity contribution >= 4 is 51.1 Å². The molecule has 3 atom stereocenters. The van der Waals surface area contributed by atoms with Gasteiger partial charge in [-0.25, -0.2) is 19.7 Å². The number of hydrogen-bond donors (Lipinski definition) is 1. The summed E-state index contributed by atoms with van der Waals surface area (Å²) in [7, 11) is 0. The highest BCUT2D eigenvalue weighted by Crippen LogP contribution is 2.40. The second-order valence-corrected chi connectivity index (χ2v) is 11.1. The molecule has 0 unspecified atom stereocenters. The Labute approximate surface area is 246 Å². The number of terminal acetylenes is 1. The van der Waals surface area contributed by atoms with Gasteiger partial charge in [0, 0.05) is 30.1 Å². The molecule has 0 radical (unpaired) electrons. The number of ether oxygens (including phenoxy) is 3. The average molecular weight is 590 g/mol. The number of carboxylic acids is 1. The minimum Gasteiger partial charge on any atom is -0.480 e. The number of para-hydroxylation sites is 1. The first-order valence-corrected chi connectivity index (χ1v) is 14.3. The molecule has 3 saturated heterocycles. The Hall–Kier alpha value is -4.11. The van der Waals surface area contributed by atoms with Crippen LogP contribution in [0.25, 0.3) is 22.1 Å². The molecule has 0 bridgehead atoms. The van der Waals surface area contributed by atoms with Crippen LogP contribution >= 0.6 is 11.6 Å². The van der Waals surface area contributed by atoms with Crippen LogP contribution in [0.15, 0.2) is 40.9 Å². The number of benzene rings is 1. The van der Waals surface area contributed by atoms with Crippen molar-refractivity contribution in [2.45, 2.75) is 43.0 Å². The van der Waals surface area contributed by atoms with Crippen LogP contribution in [0.1, 0.15) is 24.7 Å². The van der Waals surface area contributed by atoms with Gasteiger partial charge in [0.05, 0.1) is 38.3 Å². The molecule has 11 nitrogen and oxygen atoms in total. The van der Waals surface area contributed by atoms with Gasteiger partial charge in [-0.15, -0.1) is 18.0 Å². The SMILES string of the molecule is C#Cc1cnc(O[C@H]2C[C@@H](C(=O)O)N(c3nc(CCl)nc4c3oc3ccccc34)C2)c(N2CCOC3(COC3)[C@@H]2C)c1. The van der Waals surface area contributed by atoms with Gasteiger partial charge in [0.1, 0.15) is 40.4 Å². The number of hydrogen-bond acceptors (Lipinski definition) is 10. The number of rotatable bonds is 6.